The van der Waals surface area contributed by atoms with Crippen molar-refractivity contribution < 1.29 is 14.5 Å². The maximum Gasteiger partial charge on any atom is 0.337 e. The topological polar surface area (TPSA) is 81.5 Å². The molecule has 0 radical (unpaired) electrons. The van der Waals surface area contributed by atoms with Gasteiger partial charge in [-0.3, -0.25) is 10.1 Å². The number of hydrogen-bond donors (Lipinski definition) is 1. The van der Waals surface area contributed by atoms with Crippen molar-refractivity contribution >= 4 is 17.3 Å². The van der Waals surface area contributed by atoms with Gasteiger partial charge < -0.3 is 10.1 Å². The summed E-state index contributed by atoms with van der Waals surface area (Å²) in [6, 6.07) is 4.18. The van der Waals surface area contributed by atoms with Gasteiger partial charge in [0.2, 0.25) is 0 Å². The molecule has 0 amide bonds. The van der Waals surface area contributed by atoms with Crippen LogP contribution in [-0.4, -0.2) is 24.5 Å². The summed E-state index contributed by atoms with van der Waals surface area (Å²) in [5.41, 5.74) is 0.610. The molecule has 0 saturated carbocycles. The van der Waals surface area contributed by atoms with Gasteiger partial charge in [-0.2, -0.15) is 0 Å². The minimum atomic E-state index is -0.509. The molecule has 0 heterocycles. The number of nitrogens with one attached hydrogen (secondary N) is 1. The number of esters is 1. The zero-order valence-corrected chi connectivity index (χ0v) is 12.0. The number of ether oxygens (including phenoxy) is 1. The fourth-order valence-electron chi connectivity index (χ4n) is 1.91. The number of hydrogen-bond acceptors (Lipinski definition) is 5. The Balaban J connectivity index is 3.00. The highest BCUT2D eigenvalue weighted by Crippen LogP contribution is 2.26. The molecule has 0 aliphatic carbocycles. The van der Waals surface area contributed by atoms with Crippen molar-refractivity contribution in [2.24, 2.45) is 5.92 Å². The highest BCUT2D eigenvalue weighted by Gasteiger charge is 2.17. The number of benzene rings is 1. The van der Waals surface area contributed by atoms with E-state index >= 15 is 0 Å². The molecule has 1 rings (SSSR count). The van der Waals surface area contributed by atoms with Gasteiger partial charge in [0.1, 0.15) is 5.69 Å². The summed E-state index contributed by atoms with van der Waals surface area (Å²) in [5, 5.41) is 14.1. The third-order valence-electron chi connectivity index (χ3n) is 3.35. The summed E-state index contributed by atoms with van der Waals surface area (Å²) in [4.78, 5) is 22.0. The second-order valence-electron chi connectivity index (χ2n) is 4.54. The Kier molecular flexibility index (Phi) is 5.96. The van der Waals surface area contributed by atoms with Crippen LogP contribution in [0.3, 0.4) is 0 Å². The van der Waals surface area contributed by atoms with Crippen LogP contribution in [0.4, 0.5) is 11.4 Å². The van der Waals surface area contributed by atoms with E-state index in [1.807, 2.05) is 0 Å². The molecule has 1 aromatic rings. The molecule has 0 spiro atoms. The lowest BCUT2D eigenvalue weighted by molar-refractivity contribution is -0.384. The van der Waals surface area contributed by atoms with Crippen molar-refractivity contribution in [3.63, 3.8) is 0 Å². The van der Waals surface area contributed by atoms with Gasteiger partial charge in [0.15, 0.2) is 0 Å². The molecule has 6 nitrogen and oxygen atoms in total. The maximum absolute atomic E-state index is 11.5. The van der Waals surface area contributed by atoms with E-state index in [1.54, 1.807) is 0 Å². The molecule has 0 unspecified atom stereocenters. The van der Waals surface area contributed by atoms with Crippen molar-refractivity contribution in [1.29, 1.82) is 0 Å². The van der Waals surface area contributed by atoms with Crippen molar-refractivity contribution in [2.45, 2.75) is 26.7 Å². The lowest BCUT2D eigenvalue weighted by atomic mass is 10.0. The smallest absolute Gasteiger partial charge is 0.337 e. The van der Waals surface area contributed by atoms with E-state index in [4.69, 9.17) is 0 Å². The first-order valence-corrected chi connectivity index (χ1v) is 6.64. The summed E-state index contributed by atoms with van der Waals surface area (Å²) >= 11 is 0. The van der Waals surface area contributed by atoms with E-state index in [0.717, 1.165) is 12.8 Å². The number of anilines is 1. The summed E-state index contributed by atoms with van der Waals surface area (Å²) in [7, 11) is 1.28. The largest absolute Gasteiger partial charge is 0.465 e. The molecule has 0 fully saturated rings. The Labute approximate surface area is 118 Å². The summed E-state index contributed by atoms with van der Waals surface area (Å²) in [5.74, 6) is -0.0677. The zero-order valence-electron chi connectivity index (χ0n) is 12.0. The number of nitrogens with zero attached hydrogens (tertiary/aromatic N) is 1. The van der Waals surface area contributed by atoms with Crippen molar-refractivity contribution in [2.75, 3.05) is 19.0 Å². The molecule has 6 heteroatoms. The Morgan fingerprint density at radius 1 is 1.40 bits per heavy atom. The van der Waals surface area contributed by atoms with Gasteiger partial charge in [-0.25, -0.2) is 4.79 Å². The Morgan fingerprint density at radius 2 is 2.05 bits per heavy atom. The van der Waals surface area contributed by atoms with Crippen LogP contribution < -0.4 is 5.32 Å². The van der Waals surface area contributed by atoms with Crippen LogP contribution in [0.15, 0.2) is 18.2 Å². The zero-order chi connectivity index (χ0) is 15.1. The number of nitro benzene ring substituents is 1. The van der Waals surface area contributed by atoms with Crippen molar-refractivity contribution in [3.8, 4) is 0 Å². The van der Waals surface area contributed by atoms with E-state index < -0.39 is 10.9 Å². The minimum Gasteiger partial charge on any atom is -0.465 e. The standard InChI is InChI=1S/C14H20N2O4/c1-4-10(5-2)9-15-12-8-11(14(17)20-3)6-7-13(12)16(18)19/h6-8,10,15H,4-5,9H2,1-3H3. The predicted molar refractivity (Wildman–Crippen MR) is 77.0 cm³/mol. The van der Waals surface area contributed by atoms with Gasteiger partial charge in [-0.1, -0.05) is 26.7 Å². The molecular weight excluding hydrogens is 260 g/mol. The number of methoxy groups -OCH3 is 1. The quantitative estimate of drug-likeness (QED) is 0.471. The number of nitro groups is 1. The average Bonchev–Trinajstić information content (AvgIpc) is 2.47. The van der Waals surface area contributed by atoms with Crippen LogP contribution in [0.1, 0.15) is 37.0 Å². The molecular formula is C14H20N2O4. The monoisotopic (exact) mass is 280 g/mol. The Bertz CT molecular complexity index is 484. The average molecular weight is 280 g/mol. The Morgan fingerprint density at radius 3 is 2.55 bits per heavy atom. The molecule has 0 atom stereocenters. The molecule has 20 heavy (non-hydrogen) atoms. The molecule has 0 aromatic heterocycles. The maximum atomic E-state index is 11.5. The van der Waals surface area contributed by atoms with Crippen LogP contribution in [0.5, 0.6) is 0 Å². The fraction of sp³-hybridized carbons (Fsp3) is 0.500. The first kappa shape index (κ1) is 15.9. The highest BCUT2D eigenvalue weighted by molar-refractivity contribution is 5.91. The third-order valence-corrected chi connectivity index (χ3v) is 3.35. The van der Waals surface area contributed by atoms with E-state index in [2.05, 4.69) is 23.9 Å². The van der Waals surface area contributed by atoms with Gasteiger partial charge in [0.05, 0.1) is 17.6 Å². The molecule has 1 aromatic carbocycles. The number of carbonyl (C=O) groups excluding carboxylic acids is 1. The van der Waals surface area contributed by atoms with Crippen molar-refractivity contribution in [3.05, 3.63) is 33.9 Å². The summed E-state index contributed by atoms with van der Waals surface area (Å²) in [6.07, 6.45) is 1.99. The van der Waals surface area contributed by atoms with Crippen LogP contribution in [0.2, 0.25) is 0 Å². The molecule has 0 bridgehead atoms. The first-order valence-electron chi connectivity index (χ1n) is 6.64. The van der Waals surface area contributed by atoms with E-state index in [1.165, 1.54) is 25.3 Å². The number of carbonyl (C=O) groups is 1. The summed E-state index contributed by atoms with van der Waals surface area (Å²) in [6.45, 7) is 4.79. The highest BCUT2D eigenvalue weighted by atomic mass is 16.6. The molecule has 0 aliphatic rings. The summed E-state index contributed by atoms with van der Waals surface area (Å²) < 4.78 is 4.62. The second kappa shape index (κ2) is 7.47. The molecule has 110 valence electrons. The lowest BCUT2D eigenvalue weighted by Crippen LogP contribution is -2.14. The van der Waals surface area contributed by atoms with Crippen LogP contribution in [-0.2, 0) is 4.74 Å². The van der Waals surface area contributed by atoms with E-state index in [-0.39, 0.29) is 5.69 Å². The van der Waals surface area contributed by atoms with Gasteiger partial charge in [0.25, 0.3) is 5.69 Å². The first-order chi connectivity index (χ1) is 9.53. The van der Waals surface area contributed by atoms with Crippen LogP contribution in [0.25, 0.3) is 0 Å². The molecule has 0 saturated heterocycles. The van der Waals surface area contributed by atoms with E-state index in [9.17, 15) is 14.9 Å². The SMILES string of the molecule is CCC(CC)CNc1cc(C(=O)OC)ccc1[N+](=O)[O-]. The minimum absolute atomic E-state index is 0.0383. The Hall–Kier alpha value is -2.11. The van der Waals surface area contributed by atoms with E-state index in [0.29, 0.717) is 23.7 Å². The van der Waals surface area contributed by atoms with Gasteiger partial charge in [0, 0.05) is 12.6 Å². The van der Waals surface area contributed by atoms with Gasteiger partial charge in [-0.15, -0.1) is 0 Å². The van der Waals surface area contributed by atoms with Gasteiger partial charge >= 0.3 is 5.97 Å². The van der Waals surface area contributed by atoms with Gasteiger partial charge in [-0.05, 0) is 18.1 Å². The van der Waals surface area contributed by atoms with Crippen LogP contribution in [0, 0.1) is 16.0 Å². The van der Waals surface area contributed by atoms with Crippen molar-refractivity contribution in [1.82, 2.24) is 0 Å². The predicted octanol–water partition coefficient (Wildman–Crippen LogP) is 3.23. The molecule has 1 N–H and O–H groups in total. The fourth-order valence-corrected chi connectivity index (χ4v) is 1.91. The van der Waals surface area contributed by atoms with Crippen LogP contribution >= 0.6 is 0 Å². The number of rotatable bonds is 7. The lowest BCUT2D eigenvalue weighted by Gasteiger charge is -2.14. The molecule has 0 aliphatic heterocycles. The second-order valence-corrected chi connectivity index (χ2v) is 4.54. The normalized spacial score (nSPS) is 10.4. The third kappa shape index (κ3) is 3.94.